The van der Waals surface area contributed by atoms with Gasteiger partial charge in [0.05, 0.1) is 5.41 Å². The van der Waals surface area contributed by atoms with Gasteiger partial charge in [-0.1, -0.05) is 6.07 Å². The van der Waals surface area contributed by atoms with Gasteiger partial charge in [-0.3, -0.25) is 10.2 Å². The number of nitrogens with two attached hydrogens (primary N) is 1. The van der Waals surface area contributed by atoms with Gasteiger partial charge in [0.2, 0.25) is 5.91 Å². The molecule has 3 N–H and O–H groups in total. The van der Waals surface area contributed by atoms with Gasteiger partial charge in [0, 0.05) is 24.8 Å². The van der Waals surface area contributed by atoms with Crippen LogP contribution in [0.5, 0.6) is 0 Å². The molecule has 1 amide bonds. The molecule has 0 radical (unpaired) electrons. The predicted molar refractivity (Wildman–Crippen MR) is 60.4 cm³/mol. The highest BCUT2D eigenvalue weighted by molar-refractivity contribution is 5.88. The highest BCUT2D eigenvalue weighted by atomic mass is 19.1. The van der Waals surface area contributed by atoms with Crippen molar-refractivity contribution in [2.75, 3.05) is 13.2 Å². The number of amides is 1. The topological polar surface area (TPSA) is 64.3 Å². The molecule has 0 bridgehead atoms. The Labute approximate surface area is 103 Å². The van der Waals surface area contributed by atoms with E-state index in [1.165, 1.54) is 6.07 Å². The number of halogens is 2. The van der Waals surface area contributed by atoms with E-state index in [-0.39, 0.29) is 5.56 Å². The number of nitrogens with one attached hydrogen (secondary N) is 1. The number of hydrogen-bond acceptors (Lipinski definition) is 3. The van der Waals surface area contributed by atoms with E-state index in [2.05, 4.69) is 5.43 Å². The van der Waals surface area contributed by atoms with Gasteiger partial charge in [-0.05, 0) is 18.9 Å². The third-order valence-corrected chi connectivity index (χ3v) is 3.36. The minimum Gasteiger partial charge on any atom is -0.381 e. The predicted octanol–water partition coefficient (Wildman–Crippen LogP) is 1.00. The Morgan fingerprint density at radius 1 is 1.33 bits per heavy atom. The normalized spacial score (nSPS) is 18.4. The molecule has 0 aliphatic carbocycles. The Morgan fingerprint density at radius 3 is 2.56 bits per heavy atom. The number of hydrazine groups is 1. The van der Waals surface area contributed by atoms with Crippen molar-refractivity contribution in [2.45, 2.75) is 18.3 Å². The van der Waals surface area contributed by atoms with Crippen LogP contribution in [-0.4, -0.2) is 19.1 Å². The smallest absolute Gasteiger partial charge is 0.244 e. The molecular weight excluding hydrogens is 242 g/mol. The largest absolute Gasteiger partial charge is 0.381 e. The van der Waals surface area contributed by atoms with E-state index in [1.54, 1.807) is 0 Å². The van der Waals surface area contributed by atoms with Crippen LogP contribution >= 0.6 is 0 Å². The van der Waals surface area contributed by atoms with Crippen LogP contribution in [0.25, 0.3) is 0 Å². The van der Waals surface area contributed by atoms with Crippen LogP contribution in [0.15, 0.2) is 18.2 Å². The zero-order valence-corrected chi connectivity index (χ0v) is 9.71. The molecule has 1 aliphatic heterocycles. The Hall–Kier alpha value is -1.53. The maximum absolute atomic E-state index is 13.9. The molecule has 98 valence electrons. The molecule has 18 heavy (non-hydrogen) atoms. The first-order valence-corrected chi connectivity index (χ1v) is 5.64. The van der Waals surface area contributed by atoms with Crippen molar-refractivity contribution in [1.29, 1.82) is 0 Å². The fraction of sp³-hybridized carbons (Fsp3) is 0.417. The highest BCUT2D eigenvalue weighted by Crippen LogP contribution is 2.36. The summed E-state index contributed by atoms with van der Waals surface area (Å²) in [5.41, 5.74) is 1.14. The van der Waals surface area contributed by atoms with Crippen LogP contribution in [0, 0.1) is 11.6 Å². The minimum atomic E-state index is -1.08. The van der Waals surface area contributed by atoms with Crippen molar-refractivity contribution in [3.05, 3.63) is 35.4 Å². The van der Waals surface area contributed by atoms with E-state index >= 15 is 0 Å². The molecule has 0 unspecified atom stereocenters. The van der Waals surface area contributed by atoms with E-state index in [0.29, 0.717) is 26.1 Å². The average molecular weight is 256 g/mol. The zero-order chi connectivity index (χ0) is 13.2. The average Bonchev–Trinajstić information content (AvgIpc) is 2.38. The van der Waals surface area contributed by atoms with Gasteiger partial charge in [-0.2, -0.15) is 0 Å². The summed E-state index contributed by atoms with van der Waals surface area (Å²) in [5.74, 6) is 3.28. The number of carbonyl (C=O) groups is 1. The standard InChI is InChI=1S/C12H14F2N2O2/c13-8-1-2-9(10(14)7-8)12(11(17)16-15)3-5-18-6-4-12/h1-2,7H,3-6,15H2,(H,16,17). The maximum Gasteiger partial charge on any atom is 0.244 e. The lowest BCUT2D eigenvalue weighted by atomic mass is 9.73. The first kappa shape index (κ1) is 12.9. The monoisotopic (exact) mass is 256 g/mol. The Morgan fingerprint density at radius 2 is 2.00 bits per heavy atom. The highest BCUT2D eigenvalue weighted by Gasteiger charge is 2.43. The van der Waals surface area contributed by atoms with Crippen LogP contribution in [0.1, 0.15) is 18.4 Å². The van der Waals surface area contributed by atoms with Gasteiger partial charge < -0.3 is 4.74 Å². The molecule has 1 aromatic rings. The first-order chi connectivity index (χ1) is 8.60. The number of rotatable bonds is 2. The van der Waals surface area contributed by atoms with Gasteiger partial charge >= 0.3 is 0 Å². The summed E-state index contributed by atoms with van der Waals surface area (Å²) in [7, 11) is 0. The molecule has 0 saturated carbocycles. The summed E-state index contributed by atoms with van der Waals surface area (Å²) in [5, 5.41) is 0. The number of hydrogen-bond donors (Lipinski definition) is 2. The summed E-state index contributed by atoms with van der Waals surface area (Å²) < 4.78 is 32.0. The van der Waals surface area contributed by atoms with Crippen molar-refractivity contribution >= 4 is 5.91 Å². The van der Waals surface area contributed by atoms with E-state index in [1.807, 2.05) is 0 Å². The zero-order valence-electron chi connectivity index (χ0n) is 9.71. The second-order valence-electron chi connectivity index (χ2n) is 4.29. The molecule has 1 heterocycles. The SMILES string of the molecule is NNC(=O)C1(c2ccc(F)cc2F)CCOCC1. The molecule has 2 rings (SSSR count). The lowest BCUT2D eigenvalue weighted by molar-refractivity contribution is -0.130. The second-order valence-corrected chi connectivity index (χ2v) is 4.29. The summed E-state index contributed by atoms with van der Waals surface area (Å²) in [4.78, 5) is 12.0. The molecule has 1 saturated heterocycles. The van der Waals surface area contributed by atoms with Crippen molar-refractivity contribution in [1.82, 2.24) is 5.43 Å². The molecule has 1 aliphatic rings. The van der Waals surface area contributed by atoms with Gasteiger partial charge in [-0.25, -0.2) is 14.6 Å². The van der Waals surface area contributed by atoms with Crippen LogP contribution < -0.4 is 11.3 Å². The molecule has 0 spiro atoms. The first-order valence-electron chi connectivity index (χ1n) is 5.64. The van der Waals surface area contributed by atoms with E-state index < -0.39 is 23.0 Å². The van der Waals surface area contributed by atoms with Gasteiger partial charge in [0.1, 0.15) is 11.6 Å². The van der Waals surface area contributed by atoms with Crippen molar-refractivity contribution < 1.29 is 18.3 Å². The summed E-state index contributed by atoms with van der Waals surface area (Å²) in [6, 6.07) is 3.21. The Balaban J connectivity index is 2.48. The van der Waals surface area contributed by atoms with Crippen LogP contribution in [0.2, 0.25) is 0 Å². The number of ether oxygens (including phenoxy) is 1. The van der Waals surface area contributed by atoms with E-state index in [4.69, 9.17) is 10.6 Å². The molecular formula is C12H14F2N2O2. The fourth-order valence-corrected chi connectivity index (χ4v) is 2.35. The molecule has 6 heteroatoms. The summed E-state index contributed by atoms with van der Waals surface area (Å²) in [6.45, 7) is 0.675. The molecule has 4 nitrogen and oxygen atoms in total. The van der Waals surface area contributed by atoms with Crippen molar-refractivity contribution in [2.24, 2.45) is 5.84 Å². The number of carbonyl (C=O) groups excluding carboxylic acids is 1. The Bertz CT molecular complexity index is 459. The molecule has 0 aromatic heterocycles. The third-order valence-electron chi connectivity index (χ3n) is 3.36. The van der Waals surface area contributed by atoms with Crippen molar-refractivity contribution in [3.8, 4) is 0 Å². The number of benzene rings is 1. The van der Waals surface area contributed by atoms with Crippen LogP contribution in [0.4, 0.5) is 8.78 Å². The lowest BCUT2D eigenvalue weighted by Gasteiger charge is -2.35. The van der Waals surface area contributed by atoms with Crippen LogP contribution in [-0.2, 0) is 14.9 Å². The van der Waals surface area contributed by atoms with Gasteiger partial charge in [-0.15, -0.1) is 0 Å². The third kappa shape index (κ3) is 2.09. The maximum atomic E-state index is 13.9. The fourth-order valence-electron chi connectivity index (χ4n) is 2.35. The minimum absolute atomic E-state index is 0.162. The molecule has 1 aromatic carbocycles. The second kappa shape index (κ2) is 4.99. The lowest BCUT2D eigenvalue weighted by Crippen LogP contribution is -2.50. The van der Waals surface area contributed by atoms with Crippen LogP contribution in [0.3, 0.4) is 0 Å². The van der Waals surface area contributed by atoms with Gasteiger partial charge in [0.25, 0.3) is 0 Å². The molecule has 1 fully saturated rings. The van der Waals surface area contributed by atoms with E-state index in [9.17, 15) is 13.6 Å². The van der Waals surface area contributed by atoms with E-state index in [0.717, 1.165) is 12.1 Å². The quantitative estimate of drug-likeness (QED) is 0.471. The summed E-state index contributed by atoms with van der Waals surface area (Å²) in [6.07, 6.45) is 0.636. The summed E-state index contributed by atoms with van der Waals surface area (Å²) >= 11 is 0. The van der Waals surface area contributed by atoms with Gasteiger partial charge in [0.15, 0.2) is 0 Å². The van der Waals surface area contributed by atoms with Crippen molar-refractivity contribution in [3.63, 3.8) is 0 Å². The Kier molecular flexibility index (Phi) is 3.58. The molecule has 0 atom stereocenters.